The molecule has 0 amide bonds. The Bertz CT molecular complexity index is 2880. The maximum Gasteiger partial charge on any atom is 0.335 e. The molecule has 8 fully saturated rings. The highest BCUT2D eigenvalue weighted by atomic mass is 16.8. The van der Waals surface area contributed by atoms with Gasteiger partial charge in [0, 0.05) is 17.1 Å². The summed E-state index contributed by atoms with van der Waals surface area (Å²) in [5.41, 5.74) is -2.73. The lowest BCUT2D eigenvalue weighted by Gasteiger charge is -2.72. The van der Waals surface area contributed by atoms with Crippen molar-refractivity contribution in [1.82, 2.24) is 0 Å². The van der Waals surface area contributed by atoms with Gasteiger partial charge in [0.25, 0.3) is 0 Å². The first kappa shape index (κ1) is 70.8. The van der Waals surface area contributed by atoms with Crippen LogP contribution in [0, 0.1) is 50.2 Å². The molecule has 3 unspecified atom stereocenters. The van der Waals surface area contributed by atoms with Gasteiger partial charge in [-0.05, 0) is 110 Å². The number of aliphatic hydroxyl groups is 12. The number of rotatable bonds is 16. The quantitative estimate of drug-likeness (QED) is 0.0464. The number of allylic oxidation sites excluding steroid dienone is 3. The number of aliphatic hydroxyl groups excluding tert-OH is 12. The van der Waals surface area contributed by atoms with Gasteiger partial charge >= 0.3 is 17.9 Å². The molecule has 0 aromatic heterocycles. The minimum atomic E-state index is -2.22. The van der Waals surface area contributed by atoms with Crippen molar-refractivity contribution >= 4 is 24.0 Å². The monoisotopic (exact) mass is 1300 g/mol. The molecular formula is C66H96O26. The lowest BCUT2D eigenvalue weighted by molar-refractivity contribution is -0.399. The fourth-order valence-electron chi connectivity index (χ4n) is 17.8. The van der Waals surface area contributed by atoms with Crippen molar-refractivity contribution < 1.29 is 128 Å². The molecule has 92 heavy (non-hydrogen) atoms. The molecule has 4 saturated heterocycles. The van der Waals surface area contributed by atoms with E-state index < -0.39 is 218 Å². The Balaban J connectivity index is 0.964. The summed E-state index contributed by atoms with van der Waals surface area (Å²) >= 11 is 0. The molecule has 5 aliphatic carbocycles. The smallest absolute Gasteiger partial charge is 0.335 e. The molecule has 1 aromatic carbocycles. The number of carbonyl (C=O) groups is 3. The Hall–Kier alpha value is -3.95. The molecule has 10 rings (SSSR count). The molecular weight excluding hydrogens is 1210 g/mol. The van der Waals surface area contributed by atoms with Crippen LogP contribution in [0.25, 0.3) is 6.08 Å². The van der Waals surface area contributed by atoms with E-state index in [0.29, 0.717) is 44.1 Å². The van der Waals surface area contributed by atoms with Crippen LogP contribution in [0.2, 0.25) is 0 Å². The molecule has 0 bridgehead atoms. The molecule has 26 heteroatoms. The van der Waals surface area contributed by atoms with Crippen molar-refractivity contribution in [2.75, 3.05) is 26.4 Å². The van der Waals surface area contributed by atoms with Crippen LogP contribution in [-0.2, 0) is 61.8 Å². The zero-order valence-electron chi connectivity index (χ0n) is 53.5. The third-order valence-electron chi connectivity index (χ3n) is 23.4. The van der Waals surface area contributed by atoms with Crippen LogP contribution in [-0.4, -0.2) is 246 Å². The molecule has 0 radical (unpaired) electrons. The Morgan fingerprint density at radius 1 is 0.652 bits per heavy atom. The van der Waals surface area contributed by atoms with Crippen LogP contribution < -0.4 is 0 Å². The van der Waals surface area contributed by atoms with E-state index in [1.54, 1.807) is 26.0 Å². The van der Waals surface area contributed by atoms with E-state index in [4.69, 9.17) is 47.4 Å². The molecule has 26 nitrogen and oxygen atoms in total. The average molecular weight is 1310 g/mol. The Labute approximate surface area is 534 Å². The van der Waals surface area contributed by atoms with Gasteiger partial charge in [-0.3, -0.25) is 0 Å². The van der Waals surface area contributed by atoms with Crippen LogP contribution in [0.1, 0.15) is 113 Å². The topological polar surface area (TPSA) is 407 Å². The molecule has 13 N–H and O–H groups in total. The standard InChI is InChI=1S/C66H96O26/c1-10-30(2)56(82)92-53-54(87-41(72)19-16-31-14-12-11-13-15-31)66(29-68)33(24-61(53,3)4)32-17-18-38-63(7)22-21-40(62(5,6)37(63)20-23-64(38,8)65(32,9)25-39(66)71)86-60-52(91-58-47(78)45(76)44(75)36(26-67)85-58)49(48(79)50(89-60)55(80)81)88-59-51(43(74)35(70)28-84-59)90-57-46(77)42(73)34(69)27-83-57/h10-17,19,33-40,42-54,57-60,67-71,73-79H,18,20-29H2,1-9H3,(H,80,81)/b19-16+,30-10+/t33?,34-,35+,36+,37?,38?,39-,40+,42+,43+,44-,45+,46-,47-,48+,49+,50+,51-,52-,53+,54+,57+,58-,59+,60-,63+,64-,65-,66+/m1/s1. The first-order chi connectivity index (χ1) is 43.3. The molecule has 1 aromatic rings. The van der Waals surface area contributed by atoms with Gasteiger partial charge in [-0.2, -0.15) is 0 Å². The van der Waals surface area contributed by atoms with Crippen molar-refractivity contribution in [2.45, 2.75) is 242 Å². The van der Waals surface area contributed by atoms with E-state index in [2.05, 4.69) is 26.8 Å². The predicted molar refractivity (Wildman–Crippen MR) is 318 cm³/mol. The first-order valence-electron chi connectivity index (χ1n) is 32.2. The van der Waals surface area contributed by atoms with Gasteiger partial charge in [-0.15, -0.1) is 0 Å². The fraction of sp³-hybridized carbons (Fsp3) is 0.773. The number of benzene rings is 1. The number of aliphatic carboxylic acids is 1. The van der Waals surface area contributed by atoms with Gasteiger partial charge in [-0.1, -0.05) is 96.5 Å². The lowest BCUT2D eigenvalue weighted by Crippen LogP contribution is -2.72. The van der Waals surface area contributed by atoms with E-state index in [1.807, 2.05) is 58.0 Å². The van der Waals surface area contributed by atoms with Crippen LogP contribution in [0.3, 0.4) is 0 Å². The van der Waals surface area contributed by atoms with E-state index in [-0.39, 0.29) is 18.3 Å². The summed E-state index contributed by atoms with van der Waals surface area (Å²) in [7, 11) is 0. The van der Waals surface area contributed by atoms with Crippen molar-refractivity contribution in [3.63, 3.8) is 0 Å². The summed E-state index contributed by atoms with van der Waals surface area (Å²) in [6.45, 7) is 15.4. The maximum absolute atomic E-state index is 14.1. The molecule has 4 saturated carbocycles. The van der Waals surface area contributed by atoms with Gasteiger partial charge in [-0.25, -0.2) is 14.4 Å². The highest BCUT2D eigenvalue weighted by Gasteiger charge is 2.74. The number of carbonyl (C=O) groups excluding carboxylic acids is 2. The maximum atomic E-state index is 14.1. The number of hydrogen-bond acceptors (Lipinski definition) is 25. The van der Waals surface area contributed by atoms with Crippen molar-refractivity contribution in [3.05, 3.63) is 65.3 Å². The number of hydrogen-bond donors (Lipinski definition) is 13. The Morgan fingerprint density at radius 3 is 1.95 bits per heavy atom. The molecule has 29 atom stereocenters. The normalized spacial score (nSPS) is 47.6. The summed E-state index contributed by atoms with van der Waals surface area (Å²) in [6, 6.07) is 9.18. The van der Waals surface area contributed by atoms with Gasteiger partial charge in [0.2, 0.25) is 0 Å². The SMILES string of the molecule is C/C=C(\C)C(=O)O[C@H]1[C@H](OC(=O)/C=C/c2ccccc2)[C@@]2(CO)C(CC1(C)C)C1=CCC3[C@@]4(C)CC[C@H](O[C@@H]5O[C@H](C(=O)O)[C@@H](O)[C@H](O[C@@H]6OC[C@H](O)[C@H](O)[C@H]6O[C@@H]6OC[C@@H](O)[C@H](O)[C@H]6O)[C@H]5O[C@H]5O[C@@H](CO)[C@@H](O)[C@H](O)[C@H]5O)C(C)(C)C4CC[C@@]3(C)[C@]1(C)C[C@H]2O. The number of esters is 2. The minimum absolute atomic E-state index is 0.0343. The van der Waals surface area contributed by atoms with Crippen LogP contribution in [0.5, 0.6) is 0 Å². The van der Waals surface area contributed by atoms with Gasteiger partial charge in [0.05, 0.1) is 44.1 Å². The van der Waals surface area contributed by atoms with E-state index >= 15 is 0 Å². The molecule has 516 valence electrons. The number of fused-ring (bicyclic) bond motifs is 7. The molecule has 4 aliphatic heterocycles. The zero-order chi connectivity index (χ0) is 67.1. The van der Waals surface area contributed by atoms with Crippen molar-refractivity contribution in [3.8, 4) is 0 Å². The summed E-state index contributed by atoms with van der Waals surface area (Å²) in [5.74, 6) is -3.76. The van der Waals surface area contributed by atoms with Crippen LogP contribution >= 0.6 is 0 Å². The van der Waals surface area contributed by atoms with E-state index in [0.717, 1.165) is 11.1 Å². The van der Waals surface area contributed by atoms with Crippen molar-refractivity contribution in [2.24, 2.45) is 50.2 Å². The number of ether oxygens (including phenoxy) is 10. The van der Waals surface area contributed by atoms with E-state index in [9.17, 15) is 80.8 Å². The second kappa shape index (κ2) is 26.8. The second-order valence-electron chi connectivity index (χ2n) is 29.2. The zero-order valence-corrected chi connectivity index (χ0v) is 53.5. The lowest BCUT2D eigenvalue weighted by atomic mass is 9.33. The first-order valence-corrected chi connectivity index (χ1v) is 32.2. The van der Waals surface area contributed by atoms with Gasteiger partial charge in [0.1, 0.15) is 85.5 Å². The van der Waals surface area contributed by atoms with E-state index in [1.165, 1.54) is 6.08 Å². The largest absolute Gasteiger partial charge is 0.479 e. The fourth-order valence-corrected chi connectivity index (χ4v) is 17.8. The summed E-state index contributed by atoms with van der Waals surface area (Å²) < 4.78 is 61.6. The minimum Gasteiger partial charge on any atom is -0.479 e. The molecule has 0 spiro atoms. The number of carboxylic acids is 1. The molecule has 4 heterocycles. The third kappa shape index (κ3) is 12.2. The van der Waals surface area contributed by atoms with Gasteiger partial charge < -0.3 is 114 Å². The number of carboxylic acid groups (broad SMARTS) is 1. The highest BCUT2D eigenvalue weighted by molar-refractivity contribution is 5.88. The van der Waals surface area contributed by atoms with Crippen LogP contribution in [0.4, 0.5) is 0 Å². The third-order valence-corrected chi connectivity index (χ3v) is 23.4. The highest BCUT2D eigenvalue weighted by Crippen LogP contribution is 2.76. The Kier molecular flexibility index (Phi) is 20.6. The Morgan fingerprint density at radius 2 is 1.29 bits per heavy atom. The molecule has 9 aliphatic rings. The predicted octanol–water partition coefficient (Wildman–Crippen LogP) is 0.502. The summed E-state index contributed by atoms with van der Waals surface area (Å²) in [4.78, 5) is 41.1. The summed E-state index contributed by atoms with van der Waals surface area (Å²) in [6.07, 6.45) is -28.2. The van der Waals surface area contributed by atoms with Gasteiger partial charge in [0.15, 0.2) is 37.4 Å². The average Bonchev–Trinajstić information content (AvgIpc) is 0.670. The van der Waals surface area contributed by atoms with Crippen LogP contribution in [0.15, 0.2) is 59.7 Å². The van der Waals surface area contributed by atoms with Crippen molar-refractivity contribution in [1.29, 1.82) is 0 Å². The summed E-state index contributed by atoms with van der Waals surface area (Å²) in [5, 5.41) is 145. The second-order valence-corrected chi connectivity index (χ2v) is 29.2.